The maximum Gasteiger partial charge on any atom is 0.238 e. The molecule has 0 radical (unpaired) electrons. The first-order chi connectivity index (χ1) is 23.5. The molecule has 278 valence electrons. The zero-order valence-electron chi connectivity index (χ0n) is 31.2. The van der Waals surface area contributed by atoms with Crippen molar-refractivity contribution in [3.8, 4) is 5.75 Å². The molecule has 1 aliphatic heterocycles. The number of halogens is 2. The number of methoxy groups -OCH3 is 1. The van der Waals surface area contributed by atoms with Crippen molar-refractivity contribution < 1.29 is 22.3 Å². The van der Waals surface area contributed by atoms with E-state index in [0.717, 1.165) is 36.9 Å². The van der Waals surface area contributed by atoms with Crippen LogP contribution < -0.4 is 10.1 Å². The molecule has 1 amide bonds. The average molecular weight is 733 g/mol. The Morgan fingerprint density at radius 3 is 2.44 bits per heavy atom. The van der Waals surface area contributed by atoms with E-state index in [9.17, 15) is 13.2 Å². The molecular formula is C39H58ClFN4O4S. The summed E-state index contributed by atoms with van der Waals surface area (Å²) in [6.45, 7) is 12.7. The van der Waals surface area contributed by atoms with Gasteiger partial charge in [-0.1, -0.05) is 70.5 Å². The number of carbonyl (C=O) groups excluding carboxylic acids is 1. The Hall–Kier alpha value is -2.24. The maximum atomic E-state index is 15.7. The lowest BCUT2D eigenvalue weighted by atomic mass is 9.77. The number of benzene rings is 2. The molecule has 5 rings (SSSR count). The van der Waals surface area contributed by atoms with Crippen LogP contribution in [0.25, 0.3) is 0 Å². The number of hydrogen-bond donors (Lipinski definition) is 1. The van der Waals surface area contributed by atoms with Gasteiger partial charge >= 0.3 is 0 Å². The number of rotatable bonds is 14. The fourth-order valence-corrected chi connectivity index (χ4v) is 10.9. The van der Waals surface area contributed by atoms with Crippen molar-refractivity contribution >= 4 is 27.5 Å². The van der Waals surface area contributed by atoms with E-state index in [1.807, 2.05) is 38.4 Å². The second-order valence-corrected chi connectivity index (χ2v) is 19.3. The second-order valence-electron chi connectivity index (χ2n) is 16.8. The lowest BCUT2D eigenvalue weighted by Gasteiger charge is -2.38. The van der Waals surface area contributed by atoms with Gasteiger partial charge in [0.25, 0.3) is 0 Å². The van der Waals surface area contributed by atoms with Gasteiger partial charge in [0.05, 0.1) is 12.9 Å². The molecule has 0 spiro atoms. The van der Waals surface area contributed by atoms with Crippen LogP contribution in [0.1, 0.15) is 83.4 Å². The van der Waals surface area contributed by atoms with Gasteiger partial charge in [0.1, 0.15) is 6.04 Å². The Balaban J connectivity index is 1.39. The van der Waals surface area contributed by atoms with E-state index < -0.39 is 21.9 Å². The van der Waals surface area contributed by atoms with Crippen molar-refractivity contribution in [1.29, 1.82) is 0 Å². The minimum absolute atomic E-state index is 0.00439. The van der Waals surface area contributed by atoms with Crippen LogP contribution in [0.2, 0.25) is 5.02 Å². The molecule has 1 N–H and O–H groups in total. The first-order valence-electron chi connectivity index (χ1n) is 18.2. The van der Waals surface area contributed by atoms with Gasteiger partial charge in [0.2, 0.25) is 15.9 Å². The number of fused-ring (bicyclic) bond motifs is 2. The summed E-state index contributed by atoms with van der Waals surface area (Å²) in [6.07, 6.45) is 4.67. The molecule has 1 heterocycles. The van der Waals surface area contributed by atoms with E-state index in [-0.39, 0.29) is 48.0 Å². The summed E-state index contributed by atoms with van der Waals surface area (Å²) in [7, 11) is 1.92. The topological polar surface area (TPSA) is 82.2 Å². The third-order valence-electron chi connectivity index (χ3n) is 11.1. The van der Waals surface area contributed by atoms with Gasteiger partial charge in [0.15, 0.2) is 11.6 Å². The maximum absolute atomic E-state index is 15.7. The minimum atomic E-state index is -3.60. The summed E-state index contributed by atoms with van der Waals surface area (Å²) < 4.78 is 49.2. The number of nitrogens with one attached hydrogen (secondary N) is 1. The number of hydrogen-bond acceptors (Lipinski definition) is 6. The molecule has 6 atom stereocenters. The molecule has 2 aliphatic carbocycles. The summed E-state index contributed by atoms with van der Waals surface area (Å²) in [6, 6.07) is 10.6. The molecule has 50 heavy (non-hydrogen) atoms. The standard InChI is InChI=1S/C39H58ClFN4O4S/c1-25(2)35-28-12-13-29(19-28)37(35)42-38(46)33-16-17-50(47,48)45(33)22-27-11-9-10-26(18-27)21-44(30(23-43(6)7)20-39(3,4)5)24-31-32(40)14-15-34(49-8)36(31)41/h9-11,14-15,18,25,28-30,33,35,37H,12-13,16-17,19-24H2,1-8H3,(H,42,46)/t28-,29+,30+,33?,35-,37-/m1/s1. The highest BCUT2D eigenvalue weighted by Gasteiger charge is 2.50. The Kier molecular flexibility index (Phi) is 12.3. The quantitative estimate of drug-likeness (QED) is 0.227. The molecule has 1 saturated heterocycles. The van der Waals surface area contributed by atoms with Gasteiger partial charge in [0, 0.05) is 48.8 Å². The van der Waals surface area contributed by atoms with Gasteiger partial charge in [-0.25, -0.2) is 12.8 Å². The minimum Gasteiger partial charge on any atom is -0.494 e. The highest BCUT2D eigenvalue weighted by molar-refractivity contribution is 7.89. The monoisotopic (exact) mass is 732 g/mol. The predicted octanol–water partition coefficient (Wildman–Crippen LogP) is 6.95. The van der Waals surface area contributed by atoms with Gasteiger partial charge in [-0.15, -0.1) is 0 Å². The molecule has 2 aromatic carbocycles. The van der Waals surface area contributed by atoms with Crippen molar-refractivity contribution in [2.75, 3.05) is 33.5 Å². The van der Waals surface area contributed by atoms with Crippen molar-refractivity contribution in [3.05, 3.63) is 63.9 Å². The van der Waals surface area contributed by atoms with Crippen LogP contribution >= 0.6 is 11.6 Å². The van der Waals surface area contributed by atoms with Crippen LogP contribution in [0.3, 0.4) is 0 Å². The zero-order valence-corrected chi connectivity index (χ0v) is 32.8. The van der Waals surface area contributed by atoms with E-state index in [2.05, 4.69) is 49.7 Å². The first kappa shape index (κ1) is 39.0. The average Bonchev–Trinajstić information content (AvgIpc) is 3.71. The van der Waals surface area contributed by atoms with E-state index in [1.54, 1.807) is 12.1 Å². The van der Waals surface area contributed by atoms with Crippen LogP contribution in [0, 0.1) is 34.9 Å². The third-order valence-corrected chi connectivity index (χ3v) is 13.3. The number of carbonyl (C=O) groups is 1. The van der Waals surface area contributed by atoms with Gasteiger partial charge in [-0.3, -0.25) is 9.69 Å². The molecule has 2 aromatic rings. The summed E-state index contributed by atoms with van der Waals surface area (Å²) >= 11 is 6.60. The molecule has 2 saturated carbocycles. The van der Waals surface area contributed by atoms with Gasteiger partial charge in [-0.05, 0) is 98.5 Å². The van der Waals surface area contributed by atoms with Crippen molar-refractivity contribution in [2.24, 2.45) is 29.1 Å². The number of nitrogens with zero attached hydrogens (tertiary/aromatic N) is 3. The SMILES string of the molecule is COc1ccc(Cl)c(CN(Cc2cccc(CN3C(C(=O)N[C@@H]4[C@H]5CC[C@H](C5)[C@H]4C(C)C)CCS3(=O)=O)c2)[C@H](CN(C)C)CC(C)(C)C)c1F. The number of likely N-dealkylation sites (N-methyl/N-ethyl adjacent to an activating group) is 1. The number of ether oxygens (including phenoxy) is 1. The first-order valence-corrected chi connectivity index (χ1v) is 20.2. The Labute approximate surface area is 305 Å². The summed E-state index contributed by atoms with van der Waals surface area (Å²) in [4.78, 5) is 18.2. The van der Waals surface area contributed by atoms with Gasteiger partial charge < -0.3 is 15.0 Å². The van der Waals surface area contributed by atoms with E-state index in [0.29, 0.717) is 47.2 Å². The van der Waals surface area contributed by atoms with Gasteiger partial charge in [-0.2, -0.15) is 4.31 Å². The van der Waals surface area contributed by atoms with Crippen LogP contribution in [0.4, 0.5) is 4.39 Å². The molecular weight excluding hydrogens is 675 g/mol. The fourth-order valence-electron chi connectivity index (χ4n) is 9.03. The van der Waals surface area contributed by atoms with Crippen molar-refractivity contribution in [3.63, 3.8) is 0 Å². The summed E-state index contributed by atoms with van der Waals surface area (Å²) in [5.74, 6) is 1.53. The predicted molar refractivity (Wildman–Crippen MR) is 199 cm³/mol. The molecule has 11 heteroatoms. The highest BCUT2D eigenvalue weighted by Crippen LogP contribution is 2.51. The molecule has 1 unspecified atom stereocenters. The largest absolute Gasteiger partial charge is 0.494 e. The fraction of sp³-hybridized carbons (Fsp3) is 0.667. The lowest BCUT2D eigenvalue weighted by Crippen LogP contribution is -2.52. The molecule has 3 fully saturated rings. The molecule has 0 aromatic heterocycles. The lowest BCUT2D eigenvalue weighted by molar-refractivity contribution is -0.126. The highest BCUT2D eigenvalue weighted by atomic mass is 35.5. The van der Waals surface area contributed by atoms with Crippen molar-refractivity contribution in [2.45, 2.75) is 104 Å². The summed E-state index contributed by atoms with van der Waals surface area (Å²) in [5.41, 5.74) is 2.17. The van der Waals surface area contributed by atoms with E-state index in [4.69, 9.17) is 16.3 Å². The molecule has 2 bridgehead atoms. The summed E-state index contributed by atoms with van der Waals surface area (Å²) in [5, 5.41) is 3.70. The van der Waals surface area contributed by atoms with Crippen molar-refractivity contribution in [1.82, 2.24) is 19.4 Å². The number of amides is 1. The Morgan fingerprint density at radius 1 is 1.08 bits per heavy atom. The molecule has 8 nitrogen and oxygen atoms in total. The smallest absolute Gasteiger partial charge is 0.238 e. The third kappa shape index (κ3) is 9.03. The van der Waals surface area contributed by atoms with Crippen LogP contribution in [-0.2, 0) is 34.5 Å². The van der Waals surface area contributed by atoms with Crippen LogP contribution in [0.5, 0.6) is 5.75 Å². The van der Waals surface area contributed by atoms with E-state index in [1.165, 1.54) is 17.8 Å². The van der Waals surface area contributed by atoms with Crippen LogP contribution in [-0.4, -0.2) is 80.1 Å². The normalized spacial score (nSPS) is 25.6. The van der Waals surface area contributed by atoms with Crippen LogP contribution in [0.15, 0.2) is 36.4 Å². The Morgan fingerprint density at radius 2 is 1.78 bits per heavy atom. The van der Waals surface area contributed by atoms with E-state index >= 15 is 4.39 Å². The number of sulfonamides is 1. The second kappa shape index (κ2) is 15.8. The molecule has 3 aliphatic rings. The zero-order chi connectivity index (χ0) is 36.5. The Bertz CT molecular complexity index is 1610.